The summed E-state index contributed by atoms with van der Waals surface area (Å²) in [5.74, 6) is 0. The van der Waals surface area contributed by atoms with Crippen LogP contribution in [0.5, 0.6) is 0 Å². The van der Waals surface area contributed by atoms with Gasteiger partial charge in [0.25, 0.3) is 0 Å². The molecule has 0 amide bonds. The van der Waals surface area contributed by atoms with Gasteiger partial charge in [-0.25, -0.2) is 0 Å². The molecule has 0 aliphatic rings. The third kappa shape index (κ3) is 2.15. The fourth-order valence-corrected chi connectivity index (χ4v) is 2.83. The number of benzene rings is 2. The van der Waals surface area contributed by atoms with Crippen molar-refractivity contribution in [3.8, 4) is 0 Å². The molecule has 1 nitrogen and oxygen atoms in total. The highest BCUT2D eigenvalue weighted by Crippen LogP contribution is 2.32. The molecule has 0 aliphatic carbocycles. The van der Waals surface area contributed by atoms with E-state index in [4.69, 9.17) is 11.6 Å². The summed E-state index contributed by atoms with van der Waals surface area (Å²) in [6, 6.07) is 18.9. The van der Waals surface area contributed by atoms with Crippen LogP contribution in [-0.2, 0) is 0 Å². The Bertz CT molecular complexity index is 685. The van der Waals surface area contributed by atoms with Gasteiger partial charge in [0.2, 0.25) is 0 Å². The molecule has 19 heavy (non-hydrogen) atoms. The van der Waals surface area contributed by atoms with Gasteiger partial charge in [-0.05, 0) is 18.1 Å². The monoisotopic (exact) mass is 268 g/mol. The lowest BCUT2D eigenvalue weighted by Gasteiger charge is -2.18. The van der Waals surface area contributed by atoms with Gasteiger partial charge in [0.1, 0.15) is 0 Å². The molecular weight excluding hydrogens is 254 g/mol. The van der Waals surface area contributed by atoms with Crippen molar-refractivity contribution in [1.82, 2.24) is 4.57 Å². The highest BCUT2D eigenvalue weighted by atomic mass is 35.5. The molecule has 95 valence electrons. The van der Waals surface area contributed by atoms with E-state index in [1.54, 1.807) is 0 Å². The predicted molar refractivity (Wildman–Crippen MR) is 81.5 cm³/mol. The smallest absolute Gasteiger partial charge is 0.0661 e. The Morgan fingerprint density at radius 1 is 1.00 bits per heavy atom. The second-order valence-corrected chi connectivity index (χ2v) is 5.02. The molecule has 2 heteroatoms. The first kappa shape index (κ1) is 12.3. The van der Waals surface area contributed by atoms with Crippen LogP contribution < -0.4 is 0 Å². The first-order valence-electron chi connectivity index (χ1n) is 6.40. The number of hydrogen-bond acceptors (Lipinski definition) is 0. The normalized spacial score (nSPS) is 12.7. The van der Waals surface area contributed by atoms with Gasteiger partial charge < -0.3 is 4.57 Å². The molecule has 2 aromatic carbocycles. The van der Waals surface area contributed by atoms with E-state index in [1.807, 2.05) is 24.4 Å². The number of hydrogen-bond donors (Lipinski definition) is 0. The summed E-state index contributed by atoms with van der Waals surface area (Å²) in [5, 5.41) is 1.89. The fourth-order valence-electron chi connectivity index (χ4n) is 2.56. The van der Waals surface area contributed by atoms with E-state index in [-0.39, 0.29) is 6.04 Å². The first-order chi connectivity index (χ1) is 9.31. The maximum absolute atomic E-state index is 6.33. The van der Waals surface area contributed by atoms with E-state index < -0.39 is 0 Å². The lowest BCUT2D eigenvalue weighted by atomic mass is 10.0. The van der Waals surface area contributed by atoms with Crippen molar-refractivity contribution >= 4 is 22.5 Å². The molecule has 0 saturated carbocycles. The molecule has 0 aliphatic heterocycles. The number of para-hydroxylation sites is 1. The zero-order chi connectivity index (χ0) is 13.2. The molecule has 0 spiro atoms. The summed E-state index contributed by atoms with van der Waals surface area (Å²) in [6.07, 6.45) is 2.80. The highest BCUT2D eigenvalue weighted by molar-refractivity contribution is 6.35. The maximum Gasteiger partial charge on any atom is 0.0661 e. The molecule has 1 heterocycles. The molecular formula is C17H15ClN. The van der Waals surface area contributed by atoms with Crippen molar-refractivity contribution in [2.24, 2.45) is 0 Å². The van der Waals surface area contributed by atoms with Gasteiger partial charge >= 0.3 is 0 Å². The van der Waals surface area contributed by atoms with Crippen molar-refractivity contribution in [2.75, 3.05) is 0 Å². The number of fused-ring (bicyclic) bond motifs is 1. The van der Waals surface area contributed by atoms with Crippen LogP contribution in [0.15, 0.2) is 60.8 Å². The minimum atomic E-state index is 0.221. The summed E-state index contributed by atoms with van der Waals surface area (Å²) < 4.78 is 2.22. The summed E-state index contributed by atoms with van der Waals surface area (Å²) in [7, 11) is 0. The van der Waals surface area contributed by atoms with Gasteiger partial charge in [0, 0.05) is 11.6 Å². The van der Waals surface area contributed by atoms with Crippen LogP contribution in [0.3, 0.4) is 0 Å². The topological polar surface area (TPSA) is 4.93 Å². The van der Waals surface area contributed by atoms with E-state index in [2.05, 4.69) is 47.9 Å². The molecule has 3 rings (SSSR count). The highest BCUT2D eigenvalue weighted by Gasteiger charge is 2.15. The number of rotatable bonds is 3. The summed E-state index contributed by atoms with van der Waals surface area (Å²) in [6.45, 7) is 4.09. The van der Waals surface area contributed by atoms with Gasteiger partial charge in [-0.1, -0.05) is 67.1 Å². The van der Waals surface area contributed by atoms with Crippen molar-refractivity contribution in [3.05, 3.63) is 78.3 Å². The largest absolute Gasteiger partial charge is 0.338 e. The van der Waals surface area contributed by atoms with Crippen molar-refractivity contribution in [2.45, 2.75) is 12.5 Å². The van der Waals surface area contributed by atoms with Crippen LogP contribution in [-0.4, -0.2) is 4.57 Å². The van der Waals surface area contributed by atoms with E-state index in [0.29, 0.717) is 0 Å². The minimum absolute atomic E-state index is 0.221. The van der Waals surface area contributed by atoms with Crippen molar-refractivity contribution < 1.29 is 0 Å². The van der Waals surface area contributed by atoms with Crippen LogP contribution in [0.2, 0.25) is 5.02 Å². The molecule has 3 aromatic rings. The Balaban J connectivity index is 2.17. The maximum atomic E-state index is 6.33. The Labute approximate surface area is 118 Å². The zero-order valence-electron chi connectivity index (χ0n) is 10.6. The molecule has 1 aromatic heterocycles. The second-order valence-electron chi connectivity index (χ2n) is 4.62. The number of aromatic nitrogens is 1. The third-order valence-electron chi connectivity index (χ3n) is 3.49. The summed E-state index contributed by atoms with van der Waals surface area (Å²) >= 11 is 6.33. The van der Waals surface area contributed by atoms with Crippen LogP contribution in [0.25, 0.3) is 10.9 Å². The minimum Gasteiger partial charge on any atom is -0.338 e. The lowest BCUT2D eigenvalue weighted by molar-refractivity contribution is 0.611. The van der Waals surface area contributed by atoms with Crippen LogP contribution in [0.4, 0.5) is 0 Å². The van der Waals surface area contributed by atoms with Gasteiger partial charge in [0.05, 0.1) is 16.6 Å². The quantitative estimate of drug-likeness (QED) is 0.622. The lowest BCUT2D eigenvalue weighted by Crippen LogP contribution is -2.08. The summed E-state index contributed by atoms with van der Waals surface area (Å²) in [4.78, 5) is 0. The average molecular weight is 269 g/mol. The molecule has 0 bridgehead atoms. The molecule has 0 fully saturated rings. The Morgan fingerprint density at radius 2 is 1.68 bits per heavy atom. The van der Waals surface area contributed by atoms with E-state index in [0.717, 1.165) is 22.3 Å². The average Bonchev–Trinajstić information content (AvgIpc) is 2.79. The molecule has 0 N–H and O–H groups in total. The van der Waals surface area contributed by atoms with Gasteiger partial charge in [-0.3, -0.25) is 0 Å². The molecule has 1 unspecified atom stereocenters. The number of nitrogens with zero attached hydrogens (tertiary/aromatic N) is 1. The fraction of sp³-hybridized carbons (Fsp3) is 0.118. The molecule has 1 atom stereocenters. The van der Waals surface area contributed by atoms with Crippen molar-refractivity contribution in [3.63, 3.8) is 0 Å². The third-order valence-corrected chi connectivity index (χ3v) is 3.79. The second kappa shape index (κ2) is 5.10. The van der Waals surface area contributed by atoms with Gasteiger partial charge in [-0.15, -0.1) is 0 Å². The molecule has 0 saturated heterocycles. The predicted octanol–water partition coefficient (Wildman–Crippen LogP) is 5.11. The van der Waals surface area contributed by atoms with Gasteiger partial charge in [-0.2, -0.15) is 0 Å². The summed E-state index contributed by atoms with van der Waals surface area (Å²) in [5.41, 5.74) is 2.42. The Hall–Kier alpha value is -1.73. The van der Waals surface area contributed by atoms with E-state index in [9.17, 15) is 0 Å². The van der Waals surface area contributed by atoms with Crippen molar-refractivity contribution in [1.29, 1.82) is 0 Å². The van der Waals surface area contributed by atoms with Crippen LogP contribution in [0.1, 0.15) is 18.0 Å². The van der Waals surface area contributed by atoms with E-state index in [1.165, 1.54) is 5.56 Å². The van der Waals surface area contributed by atoms with Crippen LogP contribution >= 0.6 is 11.6 Å². The Kier molecular flexibility index (Phi) is 3.31. The Morgan fingerprint density at radius 3 is 2.42 bits per heavy atom. The standard InChI is InChI=1S/C17H15ClN/c1-2-16(13-8-4-3-5-9-13)19-12-15(18)14-10-6-7-11-17(14)19/h3-12,16H,1-2H2. The van der Waals surface area contributed by atoms with Gasteiger partial charge in [0.15, 0.2) is 0 Å². The van der Waals surface area contributed by atoms with Crippen LogP contribution in [0, 0.1) is 6.92 Å². The SMILES string of the molecule is [CH2]CC(c1ccccc1)n1cc(Cl)c2ccccc21. The molecule has 1 radical (unpaired) electrons. The van der Waals surface area contributed by atoms with E-state index >= 15 is 0 Å². The number of halogens is 1. The first-order valence-corrected chi connectivity index (χ1v) is 6.78. The zero-order valence-corrected chi connectivity index (χ0v) is 11.3.